The quantitative estimate of drug-likeness (QED) is 0.668. The molecular weight excluding hydrogens is 194 g/mol. The molecule has 5 nitrogen and oxygen atoms in total. The Balaban J connectivity index is 2.59. The minimum Gasteiger partial charge on any atom is -0.387 e. The average Bonchev–Trinajstić information content (AvgIpc) is 2.14. The van der Waals surface area contributed by atoms with Gasteiger partial charge in [-0.15, -0.1) is 0 Å². The van der Waals surface area contributed by atoms with Crippen molar-refractivity contribution in [3.05, 3.63) is 44.9 Å². The summed E-state index contributed by atoms with van der Waals surface area (Å²) >= 11 is 0. The summed E-state index contributed by atoms with van der Waals surface area (Å²) in [6, 6.07) is 0. The molecule has 1 aromatic heterocycles. The fourth-order valence-electron chi connectivity index (χ4n) is 0.998. The molecule has 1 heterocycles. The van der Waals surface area contributed by atoms with Crippen molar-refractivity contribution in [1.29, 1.82) is 0 Å². The molecule has 0 bridgehead atoms. The molecular formula is C10H15N3O2. The fraction of sp³-hybridized carbons (Fsp3) is 0.400. The highest BCUT2D eigenvalue weighted by Gasteiger charge is 1.97. The Morgan fingerprint density at radius 2 is 2.20 bits per heavy atom. The van der Waals surface area contributed by atoms with Crippen molar-refractivity contribution >= 4 is 0 Å². The van der Waals surface area contributed by atoms with E-state index >= 15 is 0 Å². The van der Waals surface area contributed by atoms with Gasteiger partial charge in [0.2, 0.25) is 0 Å². The molecule has 0 saturated heterocycles. The minimum atomic E-state index is -0.485. The Hall–Kier alpha value is -1.78. The van der Waals surface area contributed by atoms with Crippen molar-refractivity contribution in [3.63, 3.8) is 0 Å². The zero-order chi connectivity index (χ0) is 11.3. The van der Waals surface area contributed by atoms with Crippen LogP contribution in [0.3, 0.4) is 0 Å². The first-order chi connectivity index (χ1) is 7.09. The lowest BCUT2D eigenvalue weighted by atomic mass is 10.2. The van der Waals surface area contributed by atoms with Crippen molar-refractivity contribution in [2.24, 2.45) is 5.92 Å². The summed E-state index contributed by atoms with van der Waals surface area (Å²) in [4.78, 5) is 26.5. The van der Waals surface area contributed by atoms with E-state index < -0.39 is 5.69 Å². The third kappa shape index (κ3) is 3.84. The highest BCUT2D eigenvalue weighted by atomic mass is 16.2. The third-order valence-corrected chi connectivity index (χ3v) is 1.79. The van der Waals surface area contributed by atoms with Gasteiger partial charge in [-0.1, -0.05) is 19.9 Å². The normalized spacial score (nSPS) is 11.1. The molecule has 5 heteroatoms. The van der Waals surface area contributed by atoms with E-state index in [2.05, 4.69) is 29.1 Å². The van der Waals surface area contributed by atoms with E-state index in [1.54, 1.807) is 6.20 Å². The number of rotatable bonds is 4. The molecule has 0 atom stereocenters. The van der Waals surface area contributed by atoms with Gasteiger partial charge in [0, 0.05) is 12.7 Å². The van der Waals surface area contributed by atoms with E-state index in [4.69, 9.17) is 0 Å². The largest absolute Gasteiger partial charge is 0.387 e. The first-order valence-electron chi connectivity index (χ1n) is 4.80. The van der Waals surface area contributed by atoms with E-state index in [9.17, 15) is 9.59 Å². The Morgan fingerprint density at radius 3 is 2.80 bits per heavy atom. The maximum Gasteiger partial charge on any atom is 0.325 e. The average molecular weight is 209 g/mol. The summed E-state index contributed by atoms with van der Waals surface area (Å²) in [7, 11) is 0. The van der Waals surface area contributed by atoms with Crippen LogP contribution < -0.4 is 16.6 Å². The second-order valence-electron chi connectivity index (χ2n) is 3.58. The number of hydrogen-bond donors (Lipinski definition) is 3. The molecule has 0 fully saturated rings. The van der Waals surface area contributed by atoms with Crippen molar-refractivity contribution in [2.75, 3.05) is 0 Å². The smallest absolute Gasteiger partial charge is 0.325 e. The van der Waals surface area contributed by atoms with Crippen LogP contribution in [0.4, 0.5) is 0 Å². The molecule has 15 heavy (non-hydrogen) atoms. The van der Waals surface area contributed by atoms with Crippen LogP contribution in [0.25, 0.3) is 0 Å². The van der Waals surface area contributed by atoms with Crippen molar-refractivity contribution in [1.82, 2.24) is 15.3 Å². The summed E-state index contributed by atoms with van der Waals surface area (Å²) in [6.45, 7) is 4.52. The lowest BCUT2D eigenvalue weighted by molar-refractivity contribution is 0.789. The SMILES string of the molecule is CC(C)C=CNCc1c[nH]c(=O)[nH]c1=O. The first kappa shape index (κ1) is 11.3. The molecule has 0 saturated carbocycles. The first-order valence-corrected chi connectivity index (χ1v) is 4.80. The van der Waals surface area contributed by atoms with Crippen LogP contribution in [0.5, 0.6) is 0 Å². The summed E-state index contributed by atoms with van der Waals surface area (Å²) in [6.07, 6.45) is 5.20. The van der Waals surface area contributed by atoms with E-state index in [-0.39, 0.29) is 5.56 Å². The van der Waals surface area contributed by atoms with Crippen LogP contribution in [-0.4, -0.2) is 9.97 Å². The summed E-state index contributed by atoms with van der Waals surface area (Å²) in [5, 5.41) is 2.97. The molecule has 0 aliphatic rings. The van der Waals surface area contributed by atoms with Gasteiger partial charge >= 0.3 is 5.69 Å². The molecule has 82 valence electrons. The number of nitrogens with one attached hydrogen (secondary N) is 3. The zero-order valence-corrected chi connectivity index (χ0v) is 8.83. The van der Waals surface area contributed by atoms with E-state index in [0.717, 1.165) is 0 Å². The molecule has 0 radical (unpaired) electrons. The van der Waals surface area contributed by atoms with Gasteiger partial charge in [-0.3, -0.25) is 9.78 Å². The molecule has 0 aliphatic carbocycles. The van der Waals surface area contributed by atoms with Gasteiger partial charge in [-0.25, -0.2) is 4.79 Å². The van der Waals surface area contributed by atoms with Crippen LogP contribution in [0, 0.1) is 5.92 Å². The van der Waals surface area contributed by atoms with E-state index in [1.165, 1.54) is 6.20 Å². The van der Waals surface area contributed by atoms with Gasteiger partial charge in [-0.05, 0) is 12.1 Å². The number of aromatic amines is 2. The maximum atomic E-state index is 11.2. The minimum absolute atomic E-state index is 0.357. The third-order valence-electron chi connectivity index (χ3n) is 1.79. The monoisotopic (exact) mass is 209 g/mol. The molecule has 0 aromatic carbocycles. The van der Waals surface area contributed by atoms with Gasteiger partial charge in [0.15, 0.2) is 0 Å². The molecule has 0 unspecified atom stereocenters. The standard InChI is InChI=1S/C10H15N3O2/c1-7(2)3-4-11-5-8-6-12-10(15)13-9(8)14/h3-4,6-7,11H,5H2,1-2H3,(H2,12,13,14,15). The Labute approximate surface area is 87.2 Å². The summed E-state index contributed by atoms with van der Waals surface area (Å²) < 4.78 is 0. The number of aromatic nitrogens is 2. The van der Waals surface area contributed by atoms with Crippen molar-refractivity contribution < 1.29 is 0 Å². The summed E-state index contributed by atoms with van der Waals surface area (Å²) in [5.74, 6) is 0.464. The molecule has 0 amide bonds. The predicted molar refractivity (Wildman–Crippen MR) is 58.5 cm³/mol. The topological polar surface area (TPSA) is 77.8 Å². The van der Waals surface area contributed by atoms with Crippen LogP contribution >= 0.6 is 0 Å². The lowest BCUT2D eigenvalue weighted by Gasteiger charge is -2.00. The van der Waals surface area contributed by atoms with E-state index in [0.29, 0.717) is 18.0 Å². The van der Waals surface area contributed by atoms with Gasteiger partial charge in [-0.2, -0.15) is 0 Å². The Morgan fingerprint density at radius 1 is 1.47 bits per heavy atom. The van der Waals surface area contributed by atoms with Gasteiger partial charge in [0.25, 0.3) is 5.56 Å². The van der Waals surface area contributed by atoms with Crippen molar-refractivity contribution in [2.45, 2.75) is 20.4 Å². The van der Waals surface area contributed by atoms with Crippen LogP contribution in [0.15, 0.2) is 28.1 Å². The summed E-state index contributed by atoms with van der Waals surface area (Å²) in [5.41, 5.74) is -0.339. The molecule has 0 spiro atoms. The number of allylic oxidation sites excluding steroid dienone is 1. The number of H-pyrrole nitrogens is 2. The predicted octanol–water partition coefficient (Wildman–Crippen LogP) is 0.322. The second-order valence-corrected chi connectivity index (χ2v) is 3.58. The maximum absolute atomic E-state index is 11.2. The van der Waals surface area contributed by atoms with Crippen LogP contribution in [-0.2, 0) is 6.54 Å². The van der Waals surface area contributed by atoms with Gasteiger partial charge < -0.3 is 10.3 Å². The number of hydrogen-bond acceptors (Lipinski definition) is 3. The lowest BCUT2D eigenvalue weighted by Crippen LogP contribution is -2.26. The Bertz CT molecular complexity index is 442. The van der Waals surface area contributed by atoms with Crippen LogP contribution in [0.2, 0.25) is 0 Å². The highest BCUT2D eigenvalue weighted by molar-refractivity contribution is 5.03. The molecule has 1 aromatic rings. The highest BCUT2D eigenvalue weighted by Crippen LogP contribution is 1.91. The van der Waals surface area contributed by atoms with E-state index in [1.807, 2.05) is 6.08 Å². The van der Waals surface area contributed by atoms with Gasteiger partial charge in [0.1, 0.15) is 0 Å². The van der Waals surface area contributed by atoms with Crippen molar-refractivity contribution in [3.8, 4) is 0 Å². The molecule has 1 rings (SSSR count). The second kappa shape index (κ2) is 5.19. The van der Waals surface area contributed by atoms with Gasteiger partial charge in [0.05, 0.1) is 5.56 Å². The molecule has 0 aliphatic heterocycles. The zero-order valence-electron chi connectivity index (χ0n) is 8.83. The fourth-order valence-corrected chi connectivity index (χ4v) is 0.998. The van der Waals surface area contributed by atoms with Crippen LogP contribution in [0.1, 0.15) is 19.4 Å². The Kier molecular flexibility index (Phi) is 3.91. The molecule has 3 N–H and O–H groups in total.